The van der Waals surface area contributed by atoms with Crippen molar-refractivity contribution < 1.29 is 4.79 Å². The third kappa shape index (κ3) is 3.42. The van der Waals surface area contributed by atoms with E-state index >= 15 is 0 Å². The number of amides is 1. The van der Waals surface area contributed by atoms with Gasteiger partial charge in [0.05, 0.1) is 27.5 Å². The van der Waals surface area contributed by atoms with Gasteiger partial charge in [0.25, 0.3) is 5.91 Å². The zero-order valence-corrected chi connectivity index (χ0v) is 17.0. The van der Waals surface area contributed by atoms with Gasteiger partial charge in [-0.15, -0.1) is 16.4 Å². The van der Waals surface area contributed by atoms with Gasteiger partial charge in [-0.3, -0.25) is 4.79 Å². The molecule has 0 bridgehead atoms. The van der Waals surface area contributed by atoms with Gasteiger partial charge in [0.2, 0.25) is 0 Å². The maximum Gasteiger partial charge on any atom is 0.253 e. The molecule has 4 aromatic rings. The molecule has 2 aromatic carbocycles. The third-order valence-electron chi connectivity index (χ3n) is 5.39. The van der Waals surface area contributed by atoms with Crippen LogP contribution in [0.25, 0.3) is 21.5 Å². The van der Waals surface area contributed by atoms with Crippen molar-refractivity contribution in [3.63, 3.8) is 0 Å². The van der Waals surface area contributed by atoms with E-state index in [9.17, 15) is 4.79 Å². The van der Waals surface area contributed by atoms with E-state index in [0.717, 1.165) is 51.4 Å². The first-order valence-electron chi connectivity index (χ1n) is 9.87. The van der Waals surface area contributed by atoms with Crippen molar-refractivity contribution in [2.75, 3.05) is 13.1 Å². The van der Waals surface area contributed by atoms with Crippen LogP contribution in [-0.2, 0) is 6.42 Å². The Balaban J connectivity index is 1.31. The predicted octanol–water partition coefficient (Wildman–Crippen LogP) is 4.20. The summed E-state index contributed by atoms with van der Waals surface area (Å²) in [4.78, 5) is 19.5. The average Bonchev–Trinajstić information content (AvgIpc) is 3.51. The number of carbonyl (C=O) groups is 1. The van der Waals surface area contributed by atoms with E-state index in [1.54, 1.807) is 11.3 Å². The third-order valence-corrected chi connectivity index (χ3v) is 6.55. The molecule has 2 aromatic heterocycles. The van der Waals surface area contributed by atoms with Crippen LogP contribution >= 0.6 is 11.3 Å². The Kier molecular flexibility index (Phi) is 4.60. The molecule has 1 saturated heterocycles. The molecule has 6 nitrogen and oxygen atoms in total. The van der Waals surface area contributed by atoms with E-state index < -0.39 is 0 Å². The van der Waals surface area contributed by atoms with Gasteiger partial charge >= 0.3 is 0 Å². The first-order valence-corrected chi connectivity index (χ1v) is 10.7. The molecule has 0 N–H and O–H groups in total. The Morgan fingerprint density at radius 3 is 2.90 bits per heavy atom. The van der Waals surface area contributed by atoms with Gasteiger partial charge in [0.1, 0.15) is 5.69 Å². The molecule has 1 fully saturated rings. The number of thiazole rings is 1. The highest BCUT2D eigenvalue weighted by atomic mass is 32.1. The number of hydrogen-bond donors (Lipinski definition) is 0. The fourth-order valence-electron chi connectivity index (χ4n) is 3.78. The summed E-state index contributed by atoms with van der Waals surface area (Å²) in [7, 11) is 0. The second-order valence-corrected chi connectivity index (χ2v) is 8.40. The smallest absolute Gasteiger partial charge is 0.253 e. The van der Waals surface area contributed by atoms with Crippen molar-refractivity contribution in [1.29, 1.82) is 0 Å². The minimum Gasteiger partial charge on any atom is -0.336 e. The Hall–Kier alpha value is -3.06. The first-order chi connectivity index (χ1) is 14.2. The Morgan fingerprint density at radius 2 is 2.07 bits per heavy atom. The second-order valence-electron chi connectivity index (χ2n) is 7.29. The standard InChI is InChI=1S/C22H21N5OS/c1-2-21-23-18-9-8-16(12-20(18)29-21)22(28)26-11-10-17(13-26)27-14-19(24-25-27)15-6-4-3-5-7-15/h3-9,12,14,17H,2,10-11,13H2,1H3. The van der Waals surface area contributed by atoms with Gasteiger partial charge in [-0.2, -0.15) is 0 Å². The minimum absolute atomic E-state index is 0.0734. The van der Waals surface area contributed by atoms with E-state index in [-0.39, 0.29) is 11.9 Å². The van der Waals surface area contributed by atoms with Crippen molar-refractivity contribution >= 4 is 27.5 Å². The summed E-state index contributed by atoms with van der Waals surface area (Å²) in [6.07, 6.45) is 3.77. The number of carbonyl (C=O) groups excluding carboxylic acids is 1. The van der Waals surface area contributed by atoms with Crippen LogP contribution in [0.5, 0.6) is 0 Å². The molecule has 0 saturated carbocycles. The summed E-state index contributed by atoms with van der Waals surface area (Å²) >= 11 is 1.67. The lowest BCUT2D eigenvalue weighted by atomic mass is 10.2. The van der Waals surface area contributed by atoms with Crippen LogP contribution in [-0.4, -0.2) is 43.9 Å². The first kappa shape index (κ1) is 18.0. The molecule has 1 unspecified atom stereocenters. The highest BCUT2D eigenvalue weighted by Gasteiger charge is 2.29. The lowest BCUT2D eigenvalue weighted by Gasteiger charge is -2.16. The van der Waals surface area contributed by atoms with Gasteiger partial charge in [0.15, 0.2) is 0 Å². The van der Waals surface area contributed by atoms with Crippen molar-refractivity contribution in [2.24, 2.45) is 0 Å². The van der Waals surface area contributed by atoms with E-state index in [1.807, 2.05) is 64.3 Å². The summed E-state index contributed by atoms with van der Waals surface area (Å²) < 4.78 is 2.97. The monoisotopic (exact) mass is 403 g/mol. The maximum atomic E-state index is 13.0. The van der Waals surface area contributed by atoms with Crippen LogP contribution in [0, 0.1) is 0 Å². The summed E-state index contributed by atoms with van der Waals surface area (Å²) in [6.45, 7) is 3.48. The number of aromatic nitrogens is 4. The quantitative estimate of drug-likeness (QED) is 0.512. The summed E-state index contributed by atoms with van der Waals surface area (Å²) in [5.41, 5.74) is 3.61. The van der Waals surface area contributed by atoms with Crippen LogP contribution in [0.3, 0.4) is 0 Å². The highest BCUT2D eigenvalue weighted by molar-refractivity contribution is 7.18. The zero-order valence-electron chi connectivity index (χ0n) is 16.2. The Labute approximate surface area is 172 Å². The molecule has 0 radical (unpaired) electrons. The predicted molar refractivity (Wildman–Crippen MR) is 114 cm³/mol. The van der Waals surface area contributed by atoms with Gasteiger partial charge in [-0.05, 0) is 31.0 Å². The molecule has 1 aliphatic rings. The van der Waals surface area contributed by atoms with E-state index in [0.29, 0.717) is 6.54 Å². The summed E-state index contributed by atoms with van der Waals surface area (Å²) in [5, 5.41) is 9.73. The second kappa shape index (κ2) is 7.40. The fraction of sp³-hybridized carbons (Fsp3) is 0.273. The number of likely N-dealkylation sites (tertiary alicyclic amines) is 1. The lowest BCUT2D eigenvalue weighted by molar-refractivity contribution is 0.0787. The minimum atomic E-state index is 0.0734. The Bertz CT molecular complexity index is 1170. The lowest BCUT2D eigenvalue weighted by Crippen LogP contribution is -2.29. The molecule has 1 atom stereocenters. The number of rotatable bonds is 4. The van der Waals surface area contributed by atoms with Crippen LogP contribution in [0.15, 0.2) is 54.7 Å². The van der Waals surface area contributed by atoms with Gasteiger partial charge in [0, 0.05) is 24.2 Å². The zero-order chi connectivity index (χ0) is 19.8. The van der Waals surface area contributed by atoms with Crippen molar-refractivity contribution in [2.45, 2.75) is 25.8 Å². The van der Waals surface area contributed by atoms with Gasteiger partial charge < -0.3 is 4.90 Å². The molecule has 1 amide bonds. The molecule has 1 aliphatic heterocycles. The Morgan fingerprint density at radius 1 is 1.21 bits per heavy atom. The summed E-state index contributed by atoms with van der Waals surface area (Å²) in [5.74, 6) is 0.0734. The number of fused-ring (bicyclic) bond motifs is 1. The normalized spacial score (nSPS) is 16.6. The topological polar surface area (TPSA) is 63.9 Å². The van der Waals surface area contributed by atoms with E-state index in [4.69, 9.17) is 0 Å². The molecule has 7 heteroatoms. The van der Waals surface area contributed by atoms with E-state index in [1.165, 1.54) is 0 Å². The maximum absolute atomic E-state index is 13.0. The largest absolute Gasteiger partial charge is 0.336 e. The molecular weight excluding hydrogens is 382 g/mol. The van der Waals surface area contributed by atoms with Crippen molar-refractivity contribution in [3.05, 3.63) is 65.3 Å². The van der Waals surface area contributed by atoms with Crippen LogP contribution in [0.2, 0.25) is 0 Å². The van der Waals surface area contributed by atoms with Crippen LogP contribution < -0.4 is 0 Å². The summed E-state index contributed by atoms with van der Waals surface area (Å²) in [6, 6.07) is 16.0. The number of hydrogen-bond acceptors (Lipinski definition) is 5. The van der Waals surface area contributed by atoms with Crippen LogP contribution in [0.4, 0.5) is 0 Å². The van der Waals surface area contributed by atoms with Crippen molar-refractivity contribution in [3.8, 4) is 11.3 Å². The molecular formula is C22H21N5OS. The molecule has 0 aliphatic carbocycles. The molecule has 3 heterocycles. The van der Waals surface area contributed by atoms with E-state index in [2.05, 4.69) is 22.2 Å². The van der Waals surface area contributed by atoms with Gasteiger partial charge in [-0.1, -0.05) is 42.5 Å². The molecule has 0 spiro atoms. The fourth-order valence-corrected chi connectivity index (χ4v) is 4.72. The number of benzene rings is 2. The molecule has 5 rings (SSSR count). The van der Waals surface area contributed by atoms with Gasteiger partial charge in [-0.25, -0.2) is 9.67 Å². The molecule has 146 valence electrons. The molecule has 29 heavy (non-hydrogen) atoms. The number of aryl methyl sites for hydroxylation is 1. The van der Waals surface area contributed by atoms with Crippen molar-refractivity contribution in [1.82, 2.24) is 24.9 Å². The number of nitrogens with zero attached hydrogens (tertiary/aromatic N) is 5. The highest BCUT2D eigenvalue weighted by Crippen LogP contribution is 2.27. The van der Waals surface area contributed by atoms with Crippen LogP contribution in [0.1, 0.15) is 34.8 Å². The average molecular weight is 404 g/mol. The SMILES string of the molecule is CCc1nc2ccc(C(=O)N3CCC(n4cc(-c5ccccc5)nn4)C3)cc2s1.